The zero-order chi connectivity index (χ0) is 50.8. The fourth-order valence-corrected chi connectivity index (χ4v) is 9.01. The van der Waals surface area contributed by atoms with Gasteiger partial charge in [-0.25, -0.2) is 4.79 Å². The number of ether oxygens (including phenoxy) is 4. The summed E-state index contributed by atoms with van der Waals surface area (Å²) < 4.78 is 22.0. The molecule has 0 saturated carbocycles. The Morgan fingerprint density at radius 2 is 1.00 bits per heavy atom. The first-order valence-corrected chi connectivity index (χ1v) is 24.9. The van der Waals surface area contributed by atoms with Gasteiger partial charge in [-0.05, 0) is 153 Å². The Hall–Kier alpha value is -7.72. The first-order valence-electron chi connectivity index (χ1n) is 24.9. The van der Waals surface area contributed by atoms with Crippen LogP contribution in [0.25, 0.3) is 21.8 Å². The zero-order valence-corrected chi connectivity index (χ0v) is 41.7. The summed E-state index contributed by atoms with van der Waals surface area (Å²) in [4.78, 5) is 28.5. The first kappa shape index (κ1) is 51.6. The molecule has 6 aromatic carbocycles. The maximum Gasteiger partial charge on any atom is 0.357 e. The molecule has 2 aliphatic rings. The molecule has 0 radical (unpaired) electrons. The van der Waals surface area contributed by atoms with E-state index in [4.69, 9.17) is 29.8 Å². The smallest absolute Gasteiger partial charge is 0.357 e. The number of likely N-dealkylation sites (tertiary alicyclic amines) is 2. The Bertz CT molecular complexity index is 2950. The van der Waals surface area contributed by atoms with Crippen molar-refractivity contribution in [3.63, 3.8) is 0 Å². The van der Waals surface area contributed by atoms with Crippen LogP contribution in [0.15, 0.2) is 146 Å². The van der Waals surface area contributed by atoms with Gasteiger partial charge < -0.3 is 35.1 Å². The van der Waals surface area contributed by atoms with Gasteiger partial charge in [-0.15, -0.1) is 0 Å². The molecule has 8 aromatic rings. The van der Waals surface area contributed by atoms with Crippen LogP contribution < -0.4 is 30.0 Å². The number of carboxylic acid groups (broad SMARTS) is 1. The lowest BCUT2D eigenvalue weighted by atomic mass is 9.96. The lowest BCUT2D eigenvalue weighted by Crippen LogP contribution is -2.38. The van der Waals surface area contributed by atoms with Crippen molar-refractivity contribution in [3.8, 4) is 23.0 Å². The summed E-state index contributed by atoms with van der Waals surface area (Å²) in [5.41, 5.74) is 12.7. The number of nitrogens with zero attached hydrogens (tertiary/aromatic N) is 4. The Kier molecular flexibility index (Phi) is 18.5. The molecule has 10 rings (SSSR count). The number of fused-ring (bicyclic) bond motifs is 2. The number of piperidine rings is 2. The monoisotopic (exact) mass is 987 g/mol. The molecule has 2 aromatic heterocycles. The van der Waals surface area contributed by atoms with Crippen molar-refractivity contribution in [1.29, 1.82) is 0 Å². The number of aromatic carboxylic acids is 1. The van der Waals surface area contributed by atoms with Crippen LogP contribution in [0.4, 0.5) is 0 Å². The molecule has 15 heteroatoms. The van der Waals surface area contributed by atoms with E-state index in [2.05, 4.69) is 108 Å². The number of hydrogen-bond donors (Lipinski definition) is 5. The van der Waals surface area contributed by atoms with Crippen LogP contribution in [0.5, 0.6) is 23.0 Å². The average molecular weight is 987 g/mol. The normalized spacial score (nSPS) is 14.3. The number of aromatic amines is 2. The van der Waals surface area contributed by atoms with Crippen molar-refractivity contribution in [2.24, 2.45) is 17.6 Å². The number of H-pyrrole nitrogens is 2. The summed E-state index contributed by atoms with van der Waals surface area (Å²) in [6.45, 7) is 9.02. The van der Waals surface area contributed by atoms with Gasteiger partial charge >= 0.3 is 5.97 Å². The van der Waals surface area contributed by atoms with E-state index in [1.54, 1.807) is 25.3 Å². The fourth-order valence-electron chi connectivity index (χ4n) is 9.01. The van der Waals surface area contributed by atoms with E-state index in [0.29, 0.717) is 53.8 Å². The van der Waals surface area contributed by atoms with Gasteiger partial charge in [0.05, 0.1) is 25.3 Å². The molecule has 2 fully saturated rings. The molecule has 0 aliphatic carbocycles. The number of hydrogen-bond acceptors (Lipinski definition) is 11. The van der Waals surface area contributed by atoms with E-state index in [1.165, 1.54) is 42.2 Å². The van der Waals surface area contributed by atoms with Crippen LogP contribution in [-0.2, 0) is 26.3 Å². The van der Waals surface area contributed by atoms with Gasteiger partial charge in [0, 0.05) is 30.4 Å². The number of amides is 1. The highest BCUT2D eigenvalue weighted by Gasteiger charge is 2.22. The molecular weight excluding hydrogens is 921 g/mol. The van der Waals surface area contributed by atoms with Crippen LogP contribution >= 0.6 is 0 Å². The quantitative estimate of drug-likeness (QED) is 0.0581. The van der Waals surface area contributed by atoms with Gasteiger partial charge in [-0.2, -0.15) is 10.2 Å². The molecule has 1 amide bonds. The van der Waals surface area contributed by atoms with E-state index in [9.17, 15) is 9.59 Å². The molecule has 0 spiro atoms. The van der Waals surface area contributed by atoms with Gasteiger partial charge in [-0.1, -0.05) is 84.9 Å². The average Bonchev–Trinajstić information content (AvgIpc) is 4.08. The number of aromatic nitrogens is 4. The highest BCUT2D eigenvalue weighted by atomic mass is 16.5. The van der Waals surface area contributed by atoms with E-state index < -0.39 is 5.97 Å². The summed E-state index contributed by atoms with van der Waals surface area (Å²) in [6.07, 6.45) is 4.59. The highest BCUT2D eigenvalue weighted by Crippen LogP contribution is 2.25. The Balaban J connectivity index is 0.000000163. The largest absolute Gasteiger partial charge is 0.497 e. The SMILES string of the molecule is COc1ccc2[nH]nc(C(=O)NCC3CCN(Cc4ccc(OCc5ccccc5)cc4)CC3)c2c1.COc1ccc2[nH]nc(C(=O)O)c2c1.NCC1CCN(Cc2ccc(OCc3ccccc3)cc2)CC1. The highest BCUT2D eigenvalue weighted by molar-refractivity contribution is 6.05. The standard InChI is InChI=1S/C29H32N4O3.C20H26N2O.C9H8N2O3/c1-35-25-11-12-27-26(17-25)28(32-31-27)29(34)30-18-21-13-15-33(16-14-21)19-22-7-9-24(10-8-22)36-20-23-5-3-2-4-6-23;21-14-17-10-12-22(13-11-17)15-18-6-8-20(9-7-18)23-16-19-4-2-1-3-5-19;1-14-5-2-3-7-6(4-5)8(9(12)13)11-10-7/h2-12,17,21H,13-16,18-20H2,1H3,(H,30,34)(H,31,32);1-9,17H,10-16,21H2;2-4H,1H3,(H,10,11)(H,12,13). The molecule has 2 saturated heterocycles. The van der Waals surface area contributed by atoms with Gasteiger partial charge in [-0.3, -0.25) is 24.8 Å². The Morgan fingerprint density at radius 3 is 1.44 bits per heavy atom. The number of methoxy groups -OCH3 is 2. The molecule has 380 valence electrons. The summed E-state index contributed by atoms with van der Waals surface area (Å²) in [5.74, 6) is 3.13. The van der Waals surface area contributed by atoms with E-state index in [1.807, 2.05) is 54.6 Å². The van der Waals surface area contributed by atoms with E-state index in [0.717, 1.165) is 87.0 Å². The first-order chi connectivity index (χ1) is 35.7. The molecule has 73 heavy (non-hydrogen) atoms. The third kappa shape index (κ3) is 14.9. The summed E-state index contributed by atoms with van der Waals surface area (Å²) in [7, 11) is 3.14. The maximum absolute atomic E-state index is 12.8. The minimum atomic E-state index is -1.05. The van der Waals surface area contributed by atoms with Gasteiger partial charge in [0.15, 0.2) is 11.4 Å². The topological polar surface area (TPSA) is 193 Å². The van der Waals surface area contributed by atoms with Crippen molar-refractivity contribution >= 4 is 33.7 Å². The summed E-state index contributed by atoms with van der Waals surface area (Å²) in [6, 6.07) is 48.0. The number of carbonyl (C=O) groups excluding carboxylic acids is 1. The summed E-state index contributed by atoms with van der Waals surface area (Å²) in [5, 5.41) is 26.7. The number of carboxylic acids is 1. The zero-order valence-electron chi connectivity index (χ0n) is 41.7. The lowest BCUT2D eigenvalue weighted by Gasteiger charge is -2.32. The van der Waals surface area contributed by atoms with Gasteiger partial charge in [0.2, 0.25) is 0 Å². The second-order valence-electron chi connectivity index (χ2n) is 18.5. The van der Waals surface area contributed by atoms with Crippen LogP contribution in [0.1, 0.15) is 68.9 Å². The lowest BCUT2D eigenvalue weighted by molar-refractivity contribution is 0.0692. The van der Waals surface area contributed by atoms with Crippen molar-refractivity contribution in [1.82, 2.24) is 35.5 Å². The van der Waals surface area contributed by atoms with Crippen LogP contribution in [0.2, 0.25) is 0 Å². The van der Waals surface area contributed by atoms with E-state index >= 15 is 0 Å². The number of rotatable bonds is 17. The van der Waals surface area contributed by atoms with Crippen LogP contribution in [0.3, 0.4) is 0 Å². The molecule has 0 bridgehead atoms. The van der Waals surface area contributed by atoms with Crippen LogP contribution in [-0.4, -0.2) is 101 Å². The van der Waals surface area contributed by atoms with Crippen molar-refractivity contribution in [2.75, 3.05) is 53.5 Å². The Morgan fingerprint density at radius 1 is 0.575 bits per heavy atom. The molecule has 0 unspecified atom stereocenters. The third-order valence-electron chi connectivity index (χ3n) is 13.4. The van der Waals surface area contributed by atoms with Crippen molar-refractivity contribution in [2.45, 2.75) is 52.0 Å². The van der Waals surface area contributed by atoms with Crippen molar-refractivity contribution in [3.05, 3.63) is 179 Å². The number of benzene rings is 6. The van der Waals surface area contributed by atoms with Gasteiger partial charge in [0.1, 0.15) is 36.2 Å². The van der Waals surface area contributed by atoms with Crippen molar-refractivity contribution < 1.29 is 33.6 Å². The third-order valence-corrected chi connectivity index (χ3v) is 13.4. The second kappa shape index (κ2) is 26.1. The molecule has 6 N–H and O–H groups in total. The number of nitrogens with one attached hydrogen (secondary N) is 3. The van der Waals surface area contributed by atoms with E-state index in [-0.39, 0.29) is 11.6 Å². The minimum Gasteiger partial charge on any atom is -0.497 e. The number of carbonyl (C=O) groups is 2. The van der Waals surface area contributed by atoms with Crippen LogP contribution in [0, 0.1) is 11.8 Å². The predicted molar refractivity (Wildman–Crippen MR) is 284 cm³/mol. The summed E-state index contributed by atoms with van der Waals surface area (Å²) >= 11 is 0. The minimum absolute atomic E-state index is 0.0129. The molecule has 0 atom stereocenters. The molecule has 15 nitrogen and oxygen atoms in total. The molecule has 4 heterocycles. The molecule has 2 aliphatic heterocycles. The maximum atomic E-state index is 12.8. The fraction of sp³-hybridized carbons (Fsp3) is 0.310. The molecular formula is C58H66N8O7. The number of nitrogens with two attached hydrogens (primary N) is 1. The predicted octanol–water partition coefficient (Wildman–Crippen LogP) is 9.50. The van der Waals surface area contributed by atoms with Gasteiger partial charge in [0.25, 0.3) is 5.91 Å². The Labute approximate surface area is 426 Å². The second-order valence-corrected chi connectivity index (χ2v) is 18.5.